The molecule has 22 heavy (non-hydrogen) atoms. The molecule has 1 saturated carbocycles. The van der Waals surface area contributed by atoms with Crippen molar-refractivity contribution in [1.82, 2.24) is 4.90 Å². The molecule has 1 aliphatic heterocycles. The zero-order chi connectivity index (χ0) is 15.2. The van der Waals surface area contributed by atoms with E-state index < -0.39 is 0 Å². The van der Waals surface area contributed by atoms with Crippen molar-refractivity contribution in [2.24, 2.45) is 5.92 Å². The van der Waals surface area contributed by atoms with E-state index >= 15 is 0 Å². The van der Waals surface area contributed by atoms with Crippen LogP contribution in [0, 0.1) is 23.7 Å². The van der Waals surface area contributed by atoms with Gasteiger partial charge < -0.3 is 4.90 Å². The molecule has 0 N–H and O–H groups in total. The van der Waals surface area contributed by atoms with Gasteiger partial charge in [-0.2, -0.15) is 5.26 Å². The van der Waals surface area contributed by atoms with Gasteiger partial charge in [0.15, 0.2) is 0 Å². The Hall–Kier alpha value is -1.53. The van der Waals surface area contributed by atoms with Gasteiger partial charge in [-0.3, -0.25) is 4.90 Å². The molecular formula is C19H26N3. The highest BCUT2D eigenvalue weighted by atomic mass is 15.3. The minimum atomic E-state index is 0.758. The third-order valence-corrected chi connectivity index (χ3v) is 5.12. The van der Waals surface area contributed by atoms with E-state index in [1.54, 1.807) is 0 Å². The SMILES string of the molecule is N#Cc1cccc(N2CCN(CCC3CC[CH]CC3)CC2)c1. The van der Waals surface area contributed by atoms with Crippen molar-refractivity contribution in [1.29, 1.82) is 5.26 Å². The van der Waals surface area contributed by atoms with Crippen LogP contribution in [0.25, 0.3) is 0 Å². The Labute approximate surface area is 134 Å². The minimum absolute atomic E-state index is 0.758. The van der Waals surface area contributed by atoms with Crippen molar-refractivity contribution in [3.8, 4) is 6.07 Å². The summed E-state index contributed by atoms with van der Waals surface area (Å²) in [5.41, 5.74) is 1.95. The third kappa shape index (κ3) is 4.01. The lowest BCUT2D eigenvalue weighted by molar-refractivity contribution is 0.227. The van der Waals surface area contributed by atoms with Gasteiger partial charge >= 0.3 is 0 Å². The Balaban J connectivity index is 1.44. The van der Waals surface area contributed by atoms with Gasteiger partial charge in [0.1, 0.15) is 0 Å². The first-order valence-electron chi connectivity index (χ1n) is 8.64. The second kappa shape index (κ2) is 7.65. The van der Waals surface area contributed by atoms with Gasteiger partial charge in [-0.15, -0.1) is 0 Å². The Kier molecular flexibility index (Phi) is 5.34. The number of piperazine rings is 1. The summed E-state index contributed by atoms with van der Waals surface area (Å²) in [6.07, 6.45) is 9.28. The van der Waals surface area contributed by atoms with Crippen LogP contribution in [0.4, 0.5) is 5.69 Å². The molecule has 0 spiro atoms. The van der Waals surface area contributed by atoms with Gasteiger partial charge in [0.2, 0.25) is 0 Å². The van der Waals surface area contributed by atoms with E-state index in [1.807, 2.05) is 18.2 Å². The molecule has 3 rings (SSSR count). The first-order valence-corrected chi connectivity index (χ1v) is 8.64. The third-order valence-electron chi connectivity index (χ3n) is 5.12. The lowest BCUT2D eigenvalue weighted by Crippen LogP contribution is -2.46. The van der Waals surface area contributed by atoms with Crippen molar-refractivity contribution in [3.05, 3.63) is 36.2 Å². The summed E-state index contributed by atoms with van der Waals surface area (Å²) in [7, 11) is 0. The van der Waals surface area contributed by atoms with Gasteiger partial charge in [-0.05, 0) is 56.3 Å². The fourth-order valence-corrected chi connectivity index (χ4v) is 3.65. The topological polar surface area (TPSA) is 30.3 Å². The predicted molar refractivity (Wildman–Crippen MR) is 90.7 cm³/mol. The number of hydrogen-bond donors (Lipinski definition) is 0. The average molecular weight is 296 g/mol. The van der Waals surface area contributed by atoms with Crippen LogP contribution in [-0.2, 0) is 0 Å². The number of anilines is 1. The van der Waals surface area contributed by atoms with E-state index in [0.29, 0.717) is 0 Å². The van der Waals surface area contributed by atoms with E-state index in [2.05, 4.69) is 28.4 Å². The van der Waals surface area contributed by atoms with E-state index in [-0.39, 0.29) is 0 Å². The van der Waals surface area contributed by atoms with Gasteiger partial charge in [0.05, 0.1) is 11.6 Å². The number of benzene rings is 1. The van der Waals surface area contributed by atoms with Crippen LogP contribution >= 0.6 is 0 Å². The molecule has 2 fully saturated rings. The summed E-state index contributed by atoms with van der Waals surface area (Å²) in [6, 6.07) is 10.2. The Morgan fingerprint density at radius 2 is 1.86 bits per heavy atom. The van der Waals surface area contributed by atoms with Gasteiger partial charge in [0.25, 0.3) is 0 Å². The molecule has 1 saturated heterocycles. The highest BCUT2D eigenvalue weighted by Crippen LogP contribution is 2.26. The molecule has 0 unspecified atom stereocenters. The average Bonchev–Trinajstić information content (AvgIpc) is 2.61. The Morgan fingerprint density at radius 3 is 2.59 bits per heavy atom. The van der Waals surface area contributed by atoms with Crippen molar-refractivity contribution in [2.45, 2.75) is 32.1 Å². The molecule has 0 amide bonds. The predicted octanol–water partition coefficient (Wildman–Crippen LogP) is 3.46. The first kappa shape index (κ1) is 15.4. The Bertz CT molecular complexity index is 506. The van der Waals surface area contributed by atoms with Gasteiger partial charge in [0, 0.05) is 31.9 Å². The number of hydrogen-bond acceptors (Lipinski definition) is 3. The summed E-state index contributed by atoms with van der Waals surface area (Å²) in [5.74, 6) is 0.954. The lowest BCUT2D eigenvalue weighted by atomic mass is 9.87. The summed E-state index contributed by atoms with van der Waals surface area (Å²) in [4.78, 5) is 5.02. The maximum atomic E-state index is 9.02. The van der Waals surface area contributed by atoms with Crippen LogP contribution in [0.1, 0.15) is 37.7 Å². The molecule has 3 heteroatoms. The molecule has 117 valence electrons. The molecule has 1 aromatic carbocycles. The van der Waals surface area contributed by atoms with E-state index in [0.717, 1.165) is 37.7 Å². The summed E-state index contributed by atoms with van der Waals surface area (Å²) < 4.78 is 0. The van der Waals surface area contributed by atoms with E-state index in [9.17, 15) is 0 Å². The monoisotopic (exact) mass is 296 g/mol. The fourth-order valence-electron chi connectivity index (χ4n) is 3.65. The zero-order valence-electron chi connectivity index (χ0n) is 13.4. The summed E-state index contributed by atoms with van der Waals surface area (Å²) in [5, 5.41) is 9.02. The molecule has 2 aliphatic rings. The van der Waals surface area contributed by atoms with Gasteiger partial charge in [-0.25, -0.2) is 0 Å². The second-order valence-corrected chi connectivity index (χ2v) is 6.59. The van der Waals surface area contributed by atoms with E-state index in [1.165, 1.54) is 44.3 Å². The molecule has 3 nitrogen and oxygen atoms in total. The summed E-state index contributed by atoms with van der Waals surface area (Å²) in [6.45, 7) is 5.71. The smallest absolute Gasteiger partial charge is 0.0992 e. The summed E-state index contributed by atoms with van der Waals surface area (Å²) >= 11 is 0. The zero-order valence-corrected chi connectivity index (χ0v) is 13.4. The van der Waals surface area contributed by atoms with Crippen LogP contribution in [0.5, 0.6) is 0 Å². The lowest BCUT2D eigenvalue weighted by Gasteiger charge is -2.37. The molecular weight excluding hydrogens is 270 g/mol. The molecule has 1 radical (unpaired) electrons. The van der Waals surface area contributed by atoms with Crippen molar-refractivity contribution in [3.63, 3.8) is 0 Å². The highest BCUT2D eigenvalue weighted by molar-refractivity contribution is 5.51. The maximum absolute atomic E-state index is 9.02. The Morgan fingerprint density at radius 1 is 1.09 bits per heavy atom. The highest BCUT2D eigenvalue weighted by Gasteiger charge is 2.19. The molecule has 1 aliphatic carbocycles. The van der Waals surface area contributed by atoms with Crippen LogP contribution in [0.2, 0.25) is 0 Å². The van der Waals surface area contributed by atoms with Crippen LogP contribution in [-0.4, -0.2) is 37.6 Å². The normalized spacial score (nSPS) is 20.8. The van der Waals surface area contributed by atoms with E-state index in [4.69, 9.17) is 5.26 Å². The molecule has 0 atom stereocenters. The maximum Gasteiger partial charge on any atom is 0.0992 e. The standard InChI is InChI=1S/C19H26N3/c20-16-18-7-4-8-19(15-18)22-13-11-21(12-14-22)10-9-17-5-2-1-3-6-17/h1,4,7-8,15,17H,2-3,5-6,9-14H2. The molecule has 1 heterocycles. The molecule has 0 aromatic heterocycles. The second-order valence-electron chi connectivity index (χ2n) is 6.59. The van der Waals surface area contributed by atoms with Crippen molar-refractivity contribution >= 4 is 5.69 Å². The quantitative estimate of drug-likeness (QED) is 0.852. The van der Waals surface area contributed by atoms with Crippen LogP contribution < -0.4 is 4.90 Å². The van der Waals surface area contributed by atoms with Crippen molar-refractivity contribution < 1.29 is 0 Å². The fraction of sp³-hybridized carbons (Fsp3) is 0.579. The molecule has 1 aromatic rings. The largest absolute Gasteiger partial charge is 0.369 e. The number of rotatable bonds is 4. The number of nitriles is 1. The minimum Gasteiger partial charge on any atom is -0.369 e. The van der Waals surface area contributed by atoms with Crippen LogP contribution in [0.15, 0.2) is 24.3 Å². The first-order chi connectivity index (χ1) is 10.8. The van der Waals surface area contributed by atoms with Gasteiger partial charge in [-0.1, -0.05) is 18.9 Å². The van der Waals surface area contributed by atoms with Crippen molar-refractivity contribution in [2.75, 3.05) is 37.6 Å². The van der Waals surface area contributed by atoms with Crippen LogP contribution in [0.3, 0.4) is 0 Å². The number of nitrogens with zero attached hydrogens (tertiary/aromatic N) is 3. The molecule has 0 bridgehead atoms.